The second-order valence-corrected chi connectivity index (χ2v) is 6.90. The monoisotopic (exact) mass is 262 g/mol. The standard InChI is InChI=1S/C12H22O4S/c1-10(2)8-16-5-6-17(15)9-12(3-4-12)7-11(13)14/h10H,3-9H2,1-2H3,(H,13,14). The smallest absolute Gasteiger partial charge is 0.303 e. The molecule has 0 aliphatic heterocycles. The normalized spacial score (nSPS) is 19.2. The van der Waals surface area contributed by atoms with Gasteiger partial charge >= 0.3 is 5.97 Å². The minimum absolute atomic E-state index is 0.158. The van der Waals surface area contributed by atoms with Crippen LogP contribution in [0.5, 0.6) is 0 Å². The lowest BCUT2D eigenvalue weighted by Crippen LogP contribution is -2.20. The predicted molar refractivity (Wildman–Crippen MR) is 67.5 cm³/mol. The first-order valence-electron chi connectivity index (χ1n) is 6.08. The second kappa shape index (κ2) is 6.50. The summed E-state index contributed by atoms with van der Waals surface area (Å²) in [4.78, 5) is 10.6. The highest BCUT2D eigenvalue weighted by Crippen LogP contribution is 2.49. The van der Waals surface area contributed by atoms with Gasteiger partial charge in [0.15, 0.2) is 0 Å². The zero-order chi connectivity index (χ0) is 12.9. The van der Waals surface area contributed by atoms with Crippen molar-refractivity contribution in [3.63, 3.8) is 0 Å². The summed E-state index contributed by atoms with van der Waals surface area (Å²) in [6.07, 6.45) is 1.96. The minimum atomic E-state index is -0.946. The third-order valence-corrected chi connectivity index (χ3v) is 4.41. The van der Waals surface area contributed by atoms with Gasteiger partial charge in [-0.3, -0.25) is 9.00 Å². The molecule has 5 heteroatoms. The number of carbonyl (C=O) groups is 1. The Morgan fingerprint density at radius 2 is 2.12 bits per heavy atom. The van der Waals surface area contributed by atoms with Gasteiger partial charge in [-0.1, -0.05) is 13.8 Å². The van der Waals surface area contributed by atoms with Crippen molar-refractivity contribution in [3.05, 3.63) is 0 Å². The van der Waals surface area contributed by atoms with E-state index in [-0.39, 0.29) is 11.8 Å². The summed E-state index contributed by atoms with van der Waals surface area (Å²) in [5.74, 6) is 0.749. The van der Waals surface area contributed by atoms with Crippen LogP contribution in [-0.2, 0) is 20.3 Å². The molecule has 1 unspecified atom stereocenters. The predicted octanol–water partition coefficient (Wildman–Crippen LogP) is 1.66. The molecule has 0 heterocycles. The molecule has 0 radical (unpaired) electrons. The molecular weight excluding hydrogens is 240 g/mol. The van der Waals surface area contributed by atoms with Crippen molar-refractivity contribution >= 4 is 16.8 Å². The maximum Gasteiger partial charge on any atom is 0.303 e. The number of rotatable bonds is 9. The van der Waals surface area contributed by atoms with Crippen LogP contribution >= 0.6 is 0 Å². The van der Waals surface area contributed by atoms with Gasteiger partial charge in [0.05, 0.1) is 13.0 Å². The van der Waals surface area contributed by atoms with E-state index < -0.39 is 16.8 Å². The fourth-order valence-electron chi connectivity index (χ4n) is 1.75. The Bertz CT molecular complexity index is 284. The molecule has 0 aromatic carbocycles. The summed E-state index contributed by atoms with van der Waals surface area (Å²) in [5, 5.41) is 8.75. The zero-order valence-electron chi connectivity index (χ0n) is 10.6. The van der Waals surface area contributed by atoms with Crippen molar-refractivity contribution in [2.45, 2.75) is 33.1 Å². The maximum absolute atomic E-state index is 11.8. The Kier molecular flexibility index (Phi) is 5.59. The molecule has 1 N–H and O–H groups in total. The molecule has 100 valence electrons. The molecule has 0 aromatic heterocycles. The number of hydrogen-bond acceptors (Lipinski definition) is 3. The molecule has 0 bridgehead atoms. The Morgan fingerprint density at radius 1 is 1.47 bits per heavy atom. The quantitative estimate of drug-likeness (QED) is 0.642. The van der Waals surface area contributed by atoms with Gasteiger partial charge in [0.1, 0.15) is 0 Å². The molecule has 1 fully saturated rings. The van der Waals surface area contributed by atoms with E-state index in [9.17, 15) is 9.00 Å². The van der Waals surface area contributed by atoms with Crippen molar-refractivity contribution in [1.82, 2.24) is 0 Å². The highest BCUT2D eigenvalue weighted by Gasteiger charge is 2.45. The van der Waals surface area contributed by atoms with Crippen molar-refractivity contribution in [2.24, 2.45) is 11.3 Å². The van der Waals surface area contributed by atoms with Crippen LogP contribution in [-0.4, -0.2) is 40.0 Å². The van der Waals surface area contributed by atoms with Crippen LogP contribution < -0.4 is 0 Å². The number of hydrogen-bond donors (Lipinski definition) is 1. The average molecular weight is 262 g/mol. The van der Waals surface area contributed by atoms with Crippen molar-refractivity contribution in [2.75, 3.05) is 24.7 Å². The van der Waals surface area contributed by atoms with Crippen molar-refractivity contribution in [3.8, 4) is 0 Å². The molecule has 0 saturated heterocycles. The molecule has 1 aliphatic rings. The zero-order valence-corrected chi connectivity index (χ0v) is 11.4. The fraction of sp³-hybridized carbons (Fsp3) is 0.917. The maximum atomic E-state index is 11.8. The lowest BCUT2D eigenvalue weighted by molar-refractivity contribution is -0.138. The van der Waals surface area contributed by atoms with Gasteiger partial charge in [-0.05, 0) is 24.2 Å². The highest BCUT2D eigenvalue weighted by molar-refractivity contribution is 7.85. The van der Waals surface area contributed by atoms with Gasteiger partial charge in [0.2, 0.25) is 0 Å². The van der Waals surface area contributed by atoms with Gasteiger partial charge in [-0.15, -0.1) is 0 Å². The molecular formula is C12H22O4S. The van der Waals surface area contributed by atoms with E-state index in [4.69, 9.17) is 9.84 Å². The first-order chi connectivity index (χ1) is 7.93. The van der Waals surface area contributed by atoms with Gasteiger partial charge in [-0.2, -0.15) is 0 Å². The van der Waals surface area contributed by atoms with E-state index >= 15 is 0 Å². The lowest BCUT2D eigenvalue weighted by Gasteiger charge is -2.12. The summed E-state index contributed by atoms with van der Waals surface area (Å²) in [6.45, 7) is 5.34. The summed E-state index contributed by atoms with van der Waals surface area (Å²) in [7, 11) is -0.946. The largest absolute Gasteiger partial charge is 0.481 e. The van der Waals surface area contributed by atoms with Crippen LogP contribution in [0, 0.1) is 11.3 Å². The Labute approximate surface area is 105 Å². The number of aliphatic carboxylic acids is 1. The van der Waals surface area contributed by atoms with Gasteiger partial charge in [-0.25, -0.2) is 0 Å². The molecule has 17 heavy (non-hydrogen) atoms. The number of carboxylic acids is 1. The fourth-order valence-corrected chi connectivity index (χ4v) is 3.28. The van der Waals surface area contributed by atoms with Crippen LogP contribution in [0.2, 0.25) is 0 Å². The van der Waals surface area contributed by atoms with E-state index in [2.05, 4.69) is 13.8 Å². The molecule has 1 rings (SSSR count). The summed E-state index contributed by atoms with van der Waals surface area (Å²) in [6, 6.07) is 0. The van der Waals surface area contributed by atoms with Gasteiger partial charge < -0.3 is 9.84 Å². The lowest BCUT2D eigenvalue weighted by atomic mass is 10.1. The van der Waals surface area contributed by atoms with E-state index in [0.717, 1.165) is 12.8 Å². The summed E-state index contributed by atoms with van der Waals surface area (Å²) < 4.78 is 17.1. The Balaban J connectivity index is 2.15. The first kappa shape index (κ1) is 14.6. The van der Waals surface area contributed by atoms with Gasteiger partial charge in [0.25, 0.3) is 0 Å². The average Bonchev–Trinajstić information content (AvgIpc) is 2.91. The van der Waals surface area contributed by atoms with Crippen LogP contribution in [0.25, 0.3) is 0 Å². The number of ether oxygens (including phenoxy) is 1. The van der Waals surface area contributed by atoms with Crippen LogP contribution in [0.4, 0.5) is 0 Å². The summed E-state index contributed by atoms with van der Waals surface area (Å²) >= 11 is 0. The van der Waals surface area contributed by atoms with Crippen molar-refractivity contribution < 1.29 is 18.8 Å². The molecule has 4 nitrogen and oxygen atoms in total. The van der Waals surface area contributed by atoms with E-state index in [1.807, 2.05) is 0 Å². The molecule has 1 saturated carbocycles. The third-order valence-electron chi connectivity index (χ3n) is 2.86. The SMILES string of the molecule is CC(C)COCCS(=O)CC1(CC(=O)O)CC1. The molecule has 0 spiro atoms. The van der Waals surface area contributed by atoms with E-state index in [0.29, 0.717) is 30.6 Å². The highest BCUT2D eigenvalue weighted by atomic mass is 32.2. The van der Waals surface area contributed by atoms with Crippen molar-refractivity contribution in [1.29, 1.82) is 0 Å². The molecule has 1 aliphatic carbocycles. The second-order valence-electron chi connectivity index (χ2n) is 5.33. The van der Waals surface area contributed by atoms with Gasteiger partial charge in [0, 0.05) is 28.9 Å². The summed E-state index contributed by atoms with van der Waals surface area (Å²) in [5.41, 5.74) is -0.172. The van der Waals surface area contributed by atoms with Crippen LogP contribution in [0.3, 0.4) is 0 Å². The van der Waals surface area contributed by atoms with Crippen LogP contribution in [0.15, 0.2) is 0 Å². The molecule has 0 amide bonds. The molecule has 1 atom stereocenters. The van der Waals surface area contributed by atoms with Crippen LogP contribution in [0.1, 0.15) is 33.1 Å². The Morgan fingerprint density at radius 3 is 2.59 bits per heavy atom. The third kappa shape index (κ3) is 6.17. The Hall–Kier alpha value is -0.420. The molecule has 0 aromatic rings. The minimum Gasteiger partial charge on any atom is -0.481 e. The topological polar surface area (TPSA) is 63.6 Å². The first-order valence-corrected chi connectivity index (χ1v) is 7.57. The number of carboxylic acid groups (broad SMARTS) is 1. The van der Waals surface area contributed by atoms with E-state index in [1.165, 1.54) is 0 Å². The van der Waals surface area contributed by atoms with E-state index in [1.54, 1.807) is 0 Å².